The summed E-state index contributed by atoms with van der Waals surface area (Å²) < 4.78 is 6.50. The fraction of sp³-hybridized carbons (Fsp3) is 0.500. The molecule has 0 saturated heterocycles. The van der Waals surface area contributed by atoms with Crippen LogP contribution in [0.5, 0.6) is 0 Å². The highest BCUT2D eigenvalue weighted by Gasteiger charge is 2.10. The first-order valence-corrected chi connectivity index (χ1v) is 3.92. The monoisotopic (exact) mass is 184 g/mol. The highest BCUT2D eigenvalue weighted by Crippen LogP contribution is 2.05. The van der Waals surface area contributed by atoms with Crippen LogP contribution in [-0.4, -0.2) is 34.6 Å². The number of carbonyl (C=O) groups is 1. The number of aromatic carboxylic acids is 1. The molecule has 0 aliphatic heterocycles. The molecule has 0 radical (unpaired) electrons. The maximum atomic E-state index is 10.5. The molecule has 1 rings (SSSR count). The molecule has 1 heterocycles. The summed E-state index contributed by atoms with van der Waals surface area (Å²) in [7, 11) is 1.60. The van der Waals surface area contributed by atoms with E-state index < -0.39 is 5.97 Å². The van der Waals surface area contributed by atoms with Gasteiger partial charge < -0.3 is 9.84 Å². The number of hydrogen-bond acceptors (Lipinski definition) is 3. The normalized spacial score (nSPS) is 12.8. The third-order valence-corrected chi connectivity index (χ3v) is 1.69. The second kappa shape index (κ2) is 4.04. The first kappa shape index (κ1) is 9.73. The van der Waals surface area contributed by atoms with Crippen LogP contribution in [0.1, 0.15) is 23.5 Å². The minimum absolute atomic E-state index is 0.0538. The minimum atomic E-state index is -1.01. The summed E-state index contributed by atoms with van der Waals surface area (Å²) in [6, 6.07) is 1.52. The summed E-state index contributed by atoms with van der Waals surface area (Å²) in [5, 5.41) is 12.5. The van der Waals surface area contributed by atoms with Crippen LogP contribution in [-0.2, 0) is 4.74 Å². The molecule has 0 aliphatic carbocycles. The Labute approximate surface area is 75.9 Å². The van der Waals surface area contributed by atoms with E-state index in [2.05, 4.69) is 5.10 Å². The molecule has 5 heteroatoms. The van der Waals surface area contributed by atoms with Gasteiger partial charge in [-0.1, -0.05) is 0 Å². The molecular weight excluding hydrogens is 172 g/mol. The Balaban J connectivity index is 2.73. The van der Waals surface area contributed by atoms with Gasteiger partial charge in [0.05, 0.1) is 12.6 Å². The molecule has 1 N–H and O–H groups in total. The zero-order valence-electron chi connectivity index (χ0n) is 7.60. The quantitative estimate of drug-likeness (QED) is 0.751. The molecular formula is C8H12N2O3. The van der Waals surface area contributed by atoms with E-state index in [1.165, 1.54) is 6.07 Å². The van der Waals surface area contributed by atoms with Gasteiger partial charge in [0, 0.05) is 13.3 Å². The molecule has 72 valence electrons. The van der Waals surface area contributed by atoms with Gasteiger partial charge in [-0.3, -0.25) is 4.68 Å². The third-order valence-electron chi connectivity index (χ3n) is 1.69. The molecule has 0 amide bonds. The van der Waals surface area contributed by atoms with Gasteiger partial charge in [0.25, 0.3) is 0 Å². The Morgan fingerprint density at radius 3 is 3.00 bits per heavy atom. The van der Waals surface area contributed by atoms with Crippen molar-refractivity contribution in [2.24, 2.45) is 0 Å². The van der Waals surface area contributed by atoms with Crippen molar-refractivity contribution in [3.8, 4) is 0 Å². The van der Waals surface area contributed by atoms with Crippen LogP contribution < -0.4 is 0 Å². The Morgan fingerprint density at radius 1 is 1.85 bits per heavy atom. The summed E-state index contributed by atoms with van der Waals surface area (Å²) in [6.45, 7) is 2.42. The van der Waals surface area contributed by atoms with E-state index in [1.54, 1.807) is 18.0 Å². The zero-order valence-corrected chi connectivity index (χ0v) is 7.60. The van der Waals surface area contributed by atoms with E-state index >= 15 is 0 Å². The molecule has 0 spiro atoms. The molecule has 0 aromatic carbocycles. The summed E-state index contributed by atoms with van der Waals surface area (Å²) >= 11 is 0. The number of rotatable bonds is 4. The van der Waals surface area contributed by atoms with Gasteiger partial charge in [-0.25, -0.2) is 4.79 Å². The minimum Gasteiger partial charge on any atom is -0.476 e. The van der Waals surface area contributed by atoms with Crippen molar-refractivity contribution < 1.29 is 14.6 Å². The first-order valence-electron chi connectivity index (χ1n) is 3.92. The lowest BCUT2D eigenvalue weighted by Gasteiger charge is -2.09. The van der Waals surface area contributed by atoms with Crippen LogP contribution in [0.15, 0.2) is 12.3 Å². The fourth-order valence-corrected chi connectivity index (χ4v) is 1.02. The zero-order chi connectivity index (χ0) is 9.84. The van der Waals surface area contributed by atoms with Gasteiger partial charge in [-0.2, -0.15) is 5.10 Å². The molecule has 1 atom stereocenters. The Hall–Kier alpha value is -1.36. The summed E-state index contributed by atoms with van der Waals surface area (Å²) in [4.78, 5) is 10.5. The molecule has 13 heavy (non-hydrogen) atoms. The van der Waals surface area contributed by atoms with E-state index in [-0.39, 0.29) is 11.7 Å². The molecule has 0 saturated carbocycles. The molecule has 0 aliphatic rings. The average Bonchev–Trinajstić information content (AvgIpc) is 2.52. The van der Waals surface area contributed by atoms with Crippen molar-refractivity contribution >= 4 is 5.97 Å². The number of methoxy groups -OCH3 is 1. The van der Waals surface area contributed by atoms with Gasteiger partial charge in [0.2, 0.25) is 0 Å². The highest BCUT2D eigenvalue weighted by atomic mass is 16.5. The van der Waals surface area contributed by atoms with Crippen LogP contribution in [0.2, 0.25) is 0 Å². The van der Waals surface area contributed by atoms with E-state index in [4.69, 9.17) is 9.84 Å². The second-order valence-corrected chi connectivity index (χ2v) is 2.79. The molecule has 1 unspecified atom stereocenters. The number of carboxylic acids is 1. The molecule has 1 aromatic rings. The fourth-order valence-electron chi connectivity index (χ4n) is 1.02. The first-order chi connectivity index (χ1) is 6.15. The molecule has 0 bridgehead atoms. The van der Waals surface area contributed by atoms with Crippen molar-refractivity contribution in [3.63, 3.8) is 0 Å². The van der Waals surface area contributed by atoms with Gasteiger partial charge in [-0.05, 0) is 13.0 Å². The topological polar surface area (TPSA) is 64.3 Å². The van der Waals surface area contributed by atoms with E-state index in [0.717, 1.165) is 0 Å². The Morgan fingerprint density at radius 2 is 2.54 bits per heavy atom. The predicted molar refractivity (Wildman–Crippen MR) is 45.8 cm³/mol. The van der Waals surface area contributed by atoms with E-state index in [0.29, 0.717) is 6.61 Å². The molecule has 1 aromatic heterocycles. The van der Waals surface area contributed by atoms with Crippen LogP contribution in [0.4, 0.5) is 0 Å². The van der Waals surface area contributed by atoms with Gasteiger partial charge in [0.15, 0.2) is 5.69 Å². The number of hydrogen-bond donors (Lipinski definition) is 1. The molecule has 0 fully saturated rings. The average molecular weight is 184 g/mol. The summed E-state index contributed by atoms with van der Waals surface area (Å²) in [6.07, 6.45) is 1.63. The number of ether oxygens (including phenoxy) is 1. The van der Waals surface area contributed by atoms with E-state index in [9.17, 15) is 4.79 Å². The Bertz CT molecular complexity index is 295. The lowest BCUT2D eigenvalue weighted by Crippen LogP contribution is -2.12. The number of carboxylic acid groups (broad SMARTS) is 1. The van der Waals surface area contributed by atoms with Crippen LogP contribution in [0, 0.1) is 0 Å². The van der Waals surface area contributed by atoms with Crippen molar-refractivity contribution in [2.45, 2.75) is 13.0 Å². The lowest BCUT2D eigenvalue weighted by atomic mass is 10.4. The standard InChI is InChI=1S/C8H12N2O3/c1-6(5-13-2)10-4-3-7(9-10)8(11)12/h3-4,6H,5H2,1-2H3,(H,11,12). The van der Waals surface area contributed by atoms with Crippen LogP contribution in [0.25, 0.3) is 0 Å². The highest BCUT2D eigenvalue weighted by molar-refractivity contribution is 5.85. The van der Waals surface area contributed by atoms with Crippen molar-refractivity contribution in [1.82, 2.24) is 9.78 Å². The largest absolute Gasteiger partial charge is 0.476 e. The molecule has 5 nitrogen and oxygen atoms in total. The van der Waals surface area contributed by atoms with Crippen LogP contribution >= 0.6 is 0 Å². The summed E-state index contributed by atoms with van der Waals surface area (Å²) in [5.74, 6) is -1.01. The van der Waals surface area contributed by atoms with E-state index in [1.807, 2.05) is 6.92 Å². The smallest absolute Gasteiger partial charge is 0.356 e. The van der Waals surface area contributed by atoms with Crippen molar-refractivity contribution in [3.05, 3.63) is 18.0 Å². The third kappa shape index (κ3) is 2.29. The van der Waals surface area contributed by atoms with Gasteiger partial charge >= 0.3 is 5.97 Å². The van der Waals surface area contributed by atoms with Crippen molar-refractivity contribution in [2.75, 3.05) is 13.7 Å². The maximum absolute atomic E-state index is 10.5. The Kier molecular flexibility index (Phi) is 3.02. The number of nitrogens with zero attached hydrogens (tertiary/aromatic N) is 2. The van der Waals surface area contributed by atoms with Gasteiger partial charge in [-0.15, -0.1) is 0 Å². The second-order valence-electron chi connectivity index (χ2n) is 2.79. The summed E-state index contributed by atoms with van der Waals surface area (Å²) in [5.41, 5.74) is 0.0583. The lowest BCUT2D eigenvalue weighted by molar-refractivity contribution is 0.0688. The SMILES string of the molecule is COCC(C)n1ccc(C(=O)O)n1. The maximum Gasteiger partial charge on any atom is 0.356 e. The van der Waals surface area contributed by atoms with Crippen molar-refractivity contribution in [1.29, 1.82) is 0 Å². The van der Waals surface area contributed by atoms with Gasteiger partial charge in [0.1, 0.15) is 0 Å². The predicted octanol–water partition coefficient (Wildman–Crippen LogP) is 0.789. The number of aromatic nitrogens is 2. The van der Waals surface area contributed by atoms with Crippen LogP contribution in [0.3, 0.4) is 0 Å².